The Bertz CT molecular complexity index is 826. The normalized spacial score (nSPS) is 11.1. The van der Waals surface area contributed by atoms with Crippen molar-refractivity contribution in [1.29, 1.82) is 0 Å². The lowest BCUT2D eigenvalue weighted by atomic mass is 10.1. The number of hydrogen-bond donors (Lipinski definition) is 2. The Kier molecular flexibility index (Phi) is 8.11. The highest BCUT2D eigenvalue weighted by Gasteiger charge is 2.02. The fourth-order valence-electron chi connectivity index (χ4n) is 2.60. The first-order valence-corrected chi connectivity index (χ1v) is 9.15. The first kappa shape index (κ1) is 20.4. The zero-order valence-electron chi connectivity index (χ0n) is 15.0. The van der Waals surface area contributed by atoms with Gasteiger partial charge in [0.15, 0.2) is 5.96 Å². The molecule has 0 amide bonds. The molecule has 138 valence electrons. The lowest BCUT2D eigenvalue weighted by Gasteiger charge is -2.12. The molecule has 0 saturated heterocycles. The summed E-state index contributed by atoms with van der Waals surface area (Å²) in [5.41, 5.74) is 2.50. The van der Waals surface area contributed by atoms with Crippen LogP contribution >= 0.6 is 35.3 Å². The number of aliphatic imine (C=N–C) groups is 1. The standard InChI is InChI=1S/C19H23N5S.HI/c1-15-21-8-9-24(15)14-17-6-3-5-16(11-17)12-22-19(20-2)23-13-18-7-4-10-25-18;/h3-11H,12-14H2,1-2H3,(H2,20,22,23);1H. The number of hydrogen-bond acceptors (Lipinski definition) is 3. The Morgan fingerprint density at radius 3 is 2.65 bits per heavy atom. The van der Waals surface area contributed by atoms with E-state index < -0.39 is 0 Å². The molecule has 1 aromatic carbocycles. The van der Waals surface area contributed by atoms with Crippen molar-refractivity contribution in [3.05, 3.63) is 76.0 Å². The number of nitrogens with one attached hydrogen (secondary N) is 2. The smallest absolute Gasteiger partial charge is 0.191 e. The molecule has 0 aliphatic carbocycles. The van der Waals surface area contributed by atoms with E-state index >= 15 is 0 Å². The SMILES string of the molecule is CN=C(NCc1cccc(Cn2ccnc2C)c1)NCc1cccs1.I. The molecule has 2 heterocycles. The van der Waals surface area contributed by atoms with E-state index in [1.54, 1.807) is 18.4 Å². The van der Waals surface area contributed by atoms with Crippen LogP contribution in [0.4, 0.5) is 0 Å². The molecular formula is C19H24IN5S. The number of guanidine groups is 1. The van der Waals surface area contributed by atoms with Gasteiger partial charge in [-0.3, -0.25) is 4.99 Å². The zero-order chi connectivity index (χ0) is 17.5. The van der Waals surface area contributed by atoms with Crippen LogP contribution in [0.3, 0.4) is 0 Å². The minimum absolute atomic E-state index is 0. The summed E-state index contributed by atoms with van der Waals surface area (Å²) in [6.45, 7) is 4.39. The van der Waals surface area contributed by atoms with Gasteiger partial charge < -0.3 is 15.2 Å². The second-order valence-corrected chi connectivity index (χ2v) is 6.81. The lowest BCUT2D eigenvalue weighted by Crippen LogP contribution is -2.36. The van der Waals surface area contributed by atoms with E-state index in [0.29, 0.717) is 0 Å². The van der Waals surface area contributed by atoms with Crippen molar-refractivity contribution in [1.82, 2.24) is 20.2 Å². The summed E-state index contributed by atoms with van der Waals surface area (Å²) < 4.78 is 2.15. The predicted molar refractivity (Wildman–Crippen MR) is 119 cm³/mol. The molecule has 0 aliphatic heterocycles. The largest absolute Gasteiger partial charge is 0.352 e. The van der Waals surface area contributed by atoms with Crippen LogP contribution < -0.4 is 10.6 Å². The second kappa shape index (κ2) is 10.3. The van der Waals surface area contributed by atoms with Crippen LogP contribution in [-0.4, -0.2) is 22.6 Å². The van der Waals surface area contributed by atoms with Gasteiger partial charge in [-0.05, 0) is 29.5 Å². The third kappa shape index (κ3) is 5.84. The van der Waals surface area contributed by atoms with Crippen molar-refractivity contribution in [2.75, 3.05) is 7.05 Å². The number of benzene rings is 1. The number of nitrogens with zero attached hydrogens (tertiary/aromatic N) is 3. The van der Waals surface area contributed by atoms with Gasteiger partial charge in [-0.2, -0.15) is 0 Å². The van der Waals surface area contributed by atoms with Crippen LogP contribution in [0.5, 0.6) is 0 Å². The summed E-state index contributed by atoms with van der Waals surface area (Å²) in [7, 11) is 1.79. The molecule has 0 spiro atoms. The fraction of sp³-hybridized carbons (Fsp3) is 0.263. The second-order valence-electron chi connectivity index (χ2n) is 5.78. The maximum Gasteiger partial charge on any atom is 0.191 e. The molecule has 0 bridgehead atoms. The maximum absolute atomic E-state index is 4.28. The van der Waals surface area contributed by atoms with Gasteiger partial charge in [0.2, 0.25) is 0 Å². The van der Waals surface area contributed by atoms with E-state index in [4.69, 9.17) is 0 Å². The highest BCUT2D eigenvalue weighted by molar-refractivity contribution is 14.0. The summed E-state index contributed by atoms with van der Waals surface area (Å²) in [5, 5.41) is 8.79. The van der Waals surface area contributed by atoms with Gasteiger partial charge in [0.05, 0.1) is 6.54 Å². The third-order valence-corrected chi connectivity index (χ3v) is 4.84. The fourth-order valence-corrected chi connectivity index (χ4v) is 3.24. The first-order chi connectivity index (χ1) is 12.2. The summed E-state index contributed by atoms with van der Waals surface area (Å²) in [6, 6.07) is 12.8. The number of rotatable bonds is 6. The highest BCUT2D eigenvalue weighted by Crippen LogP contribution is 2.09. The van der Waals surface area contributed by atoms with Crippen LogP contribution in [0.15, 0.2) is 59.2 Å². The molecule has 7 heteroatoms. The van der Waals surface area contributed by atoms with Gasteiger partial charge in [-0.1, -0.05) is 30.3 Å². The van der Waals surface area contributed by atoms with Crippen LogP contribution in [0.1, 0.15) is 21.8 Å². The van der Waals surface area contributed by atoms with Gasteiger partial charge in [-0.25, -0.2) is 4.98 Å². The molecule has 0 unspecified atom stereocenters. The van der Waals surface area contributed by atoms with Crippen molar-refractivity contribution in [2.24, 2.45) is 4.99 Å². The third-order valence-electron chi connectivity index (χ3n) is 3.96. The van der Waals surface area contributed by atoms with Crippen LogP contribution in [0.2, 0.25) is 0 Å². The van der Waals surface area contributed by atoms with Gasteiger partial charge >= 0.3 is 0 Å². The van der Waals surface area contributed by atoms with Crippen molar-refractivity contribution < 1.29 is 0 Å². The van der Waals surface area contributed by atoms with Gasteiger partial charge in [0, 0.05) is 37.4 Å². The predicted octanol–water partition coefficient (Wildman–Crippen LogP) is 3.78. The van der Waals surface area contributed by atoms with E-state index in [9.17, 15) is 0 Å². The van der Waals surface area contributed by atoms with Gasteiger partial charge in [0.1, 0.15) is 5.82 Å². The topological polar surface area (TPSA) is 54.2 Å². The van der Waals surface area contributed by atoms with Crippen LogP contribution in [-0.2, 0) is 19.6 Å². The van der Waals surface area contributed by atoms with E-state index in [2.05, 4.69) is 67.0 Å². The molecule has 0 atom stereocenters. The Hall–Kier alpha value is -1.87. The van der Waals surface area contributed by atoms with E-state index in [1.807, 2.05) is 19.3 Å². The maximum atomic E-state index is 4.28. The molecule has 0 aliphatic rings. The number of halogens is 1. The Balaban J connectivity index is 0.00000243. The average Bonchev–Trinajstić information content (AvgIpc) is 3.28. The van der Waals surface area contributed by atoms with Crippen molar-refractivity contribution in [3.63, 3.8) is 0 Å². The molecule has 26 heavy (non-hydrogen) atoms. The van der Waals surface area contributed by atoms with E-state index in [0.717, 1.165) is 31.4 Å². The molecular weight excluding hydrogens is 457 g/mol. The van der Waals surface area contributed by atoms with Crippen LogP contribution in [0.25, 0.3) is 0 Å². The van der Waals surface area contributed by atoms with Crippen molar-refractivity contribution in [3.8, 4) is 0 Å². The Morgan fingerprint density at radius 2 is 1.96 bits per heavy atom. The molecule has 2 N–H and O–H groups in total. The van der Waals surface area contributed by atoms with Crippen LogP contribution in [0, 0.1) is 6.92 Å². The Labute approximate surface area is 175 Å². The first-order valence-electron chi connectivity index (χ1n) is 8.27. The molecule has 2 aromatic heterocycles. The molecule has 0 radical (unpaired) electrons. The van der Waals surface area contributed by atoms with Gasteiger partial charge in [0.25, 0.3) is 0 Å². The Morgan fingerprint density at radius 1 is 1.15 bits per heavy atom. The summed E-state index contributed by atoms with van der Waals surface area (Å²) >= 11 is 1.74. The molecule has 3 aromatic rings. The number of aryl methyl sites for hydroxylation is 1. The molecule has 0 saturated carbocycles. The van der Waals surface area contributed by atoms with Gasteiger partial charge in [-0.15, -0.1) is 35.3 Å². The average molecular weight is 481 g/mol. The quantitative estimate of drug-likeness (QED) is 0.320. The zero-order valence-corrected chi connectivity index (χ0v) is 18.1. The minimum atomic E-state index is 0. The lowest BCUT2D eigenvalue weighted by molar-refractivity contribution is 0.758. The van der Waals surface area contributed by atoms with E-state index in [-0.39, 0.29) is 24.0 Å². The highest BCUT2D eigenvalue weighted by atomic mass is 127. The molecule has 5 nitrogen and oxygen atoms in total. The monoisotopic (exact) mass is 481 g/mol. The summed E-state index contributed by atoms with van der Waals surface area (Å²) in [6.07, 6.45) is 3.85. The molecule has 3 rings (SSSR count). The number of imidazole rings is 1. The number of aromatic nitrogens is 2. The minimum Gasteiger partial charge on any atom is -0.352 e. The molecule has 0 fully saturated rings. The van der Waals surface area contributed by atoms with Crippen molar-refractivity contribution in [2.45, 2.75) is 26.6 Å². The van der Waals surface area contributed by atoms with E-state index in [1.165, 1.54) is 16.0 Å². The van der Waals surface area contributed by atoms with Crippen molar-refractivity contribution >= 4 is 41.3 Å². The number of thiophene rings is 1. The summed E-state index contributed by atoms with van der Waals surface area (Å²) in [5.74, 6) is 1.84. The summed E-state index contributed by atoms with van der Waals surface area (Å²) in [4.78, 5) is 9.85.